The van der Waals surface area contributed by atoms with Gasteiger partial charge < -0.3 is 9.47 Å². The first kappa shape index (κ1) is 21.8. The number of fused-ring (bicyclic) bond motifs is 1. The molecule has 0 bridgehead atoms. The molecular formula is C26H21N3O4S. The molecule has 2 aromatic heterocycles. The number of nitrogens with zero attached hydrogens (tertiary/aromatic N) is 3. The Balaban J connectivity index is 1.39. The number of anilines is 1. The van der Waals surface area contributed by atoms with Crippen molar-refractivity contribution in [3.63, 3.8) is 0 Å². The third-order valence-electron chi connectivity index (χ3n) is 5.39. The van der Waals surface area contributed by atoms with Crippen LogP contribution in [0.15, 0.2) is 72.9 Å². The largest absolute Gasteiger partial charge is 0.482 e. The number of aryl methyl sites for hydroxylation is 1. The summed E-state index contributed by atoms with van der Waals surface area (Å²) < 4.78 is 11.0. The van der Waals surface area contributed by atoms with E-state index in [-0.39, 0.29) is 25.7 Å². The van der Waals surface area contributed by atoms with Crippen molar-refractivity contribution in [2.75, 3.05) is 18.1 Å². The van der Waals surface area contributed by atoms with Gasteiger partial charge in [0.25, 0.3) is 5.91 Å². The molecule has 2 aromatic carbocycles. The summed E-state index contributed by atoms with van der Waals surface area (Å²) in [6.45, 7) is 1.83. The fraction of sp³-hybridized carbons (Fsp3) is 0.154. The maximum absolute atomic E-state index is 12.6. The van der Waals surface area contributed by atoms with Crippen LogP contribution in [0.5, 0.6) is 5.75 Å². The smallest absolute Gasteiger partial charge is 0.326 e. The third kappa shape index (κ3) is 4.53. The van der Waals surface area contributed by atoms with Crippen LogP contribution in [-0.4, -0.2) is 35.0 Å². The summed E-state index contributed by atoms with van der Waals surface area (Å²) in [7, 11) is 0. The van der Waals surface area contributed by atoms with Crippen LogP contribution < -0.4 is 9.64 Å². The average molecular weight is 472 g/mol. The summed E-state index contributed by atoms with van der Waals surface area (Å²) in [5, 5.41) is 0.819. The fourth-order valence-corrected chi connectivity index (χ4v) is 4.61. The van der Waals surface area contributed by atoms with Crippen molar-refractivity contribution in [1.82, 2.24) is 9.97 Å². The van der Waals surface area contributed by atoms with Crippen molar-refractivity contribution in [1.29, 1.82) is 0 Å². The number of rotatable bonds is 6. The van der Waals surface area contributed by atoms with Crippen molar-refractivity contribution in [2.45, 2.75) is 13.5 Å². The Bertz CT molecular complexity index is 1340. The molecule has 0 aliphatic carbocycles. The molecule has 1 aliphatic heterocycles. The summed E-state index contributed by atoms with van der Waals surface area (Å²) in [4.78, 5) is 36.8. The highest BCUT2D eigenvalue weighted by Gasteiger charge is 2.29. The number of pyridine rings is 1. The number of ether oxygens (including phenoxy) is 2. The Labute approximate surface area is 200 Å². The van der Waals surface area contributed by atoms with Crippen LogP contribution in [0.25, 0.3) is 22.0 Å². The molecule has 4 aromatic rings. The Morgan fingerprint density at radius 1 is 1.12 bits per heavy atom. The van der Waals surface area contributed by atoms with Crippen LogP contribution in [0.4, 0.5) is 5.69 Å². The van der Waals surface area contributed by atoms with Gasteiger partial charge in [-0.3, -0.25) is 19.5 Å². The molecule has 0 spiro atoms. The van der Waals surface area contributed by atoms with Crippen molar-refractivity contribution >= 4 is 28.9 Å². The molecule has 0 atom stereocenters. The molecule has 0 fully saturated rings. The van der Waals surface area contributed by atoms with Gasteiger partial charge in [0.1, 0.15) is 23.9 Å². The molecule has 1 aliphatic rings. The van der Waals surface area contributed by atoms with Gasteiger partial charge in [-0.25, -0.2) is 4.98 Å². The number of thiazole rings is 1. The molecule has 0 unspecified atom stereocenters. The standard InChI is InChI=1S/C26H21N3O4S/c1-17-25(28-26(34-17)20-9-5-6-12-27-20)19-10-11-22-21(13-19)29(23(30)16-32-22)14-24(31)33-15-18-7-3-2-4-8-18/h2-13H,14-16H2,1H3. The SMILES string of the molecule is Cc1sc(-c2ccccn2)nc1-c1ccc2c(c1)N(CC(=O)OCc1ccccc1)C(=O)CO2. The summed E-state index contributed by atoms with van der Waals surface area (Å²) in [5.74, 6) is -0.250. The van der Waals surface area contributed by atoms with Crippen LogP contribution in [0.1, 0.15) is 10.4 Å². The number of benzene rings is 2. The molecule has 0 N–H and O–H groups in total. The van der Waals surface area contributed by atoms with E-state index in [0.717, 1.165) is 32.4 Å². The average Bonchev–Trinajstić information content (AvgIpc) is 3.27. The molecule has 8 heteroatoms. The fourth-order valence-electron chi connectivity index (χ4n) is 3.70. The Morgan fingerprint density at radius 3 is 2.74 bits per heavy atom. The van der Waals surface area contributed by atoms with E-state index < -0.39 is 5.97 Å². The van der Waals surface area contributed by atoms with Crippen molar-refractivity contribution in [3.05, 3.63) is 83.4 Å². The molecule has 0 radical (unpaired) electrons. The first-order valence-electron chi connectivity index (χ1n) is 10.7. The molecule has 5 rings (SSSR count). The first-order valence-corrected chi connectivity index (χ1v) is 11.6. The highest BCUT2D eigenvalue weighted by molar-refractivity contribution is 7.15. The van der Waals surface area contributed by atoms with Gasteiger partial charge in [0, 0.05) is 16.6 Å². The van der Waals surface area contributed by atoms with Crippen LogP contribution in [-0.2, 0) is 20.9 Å². The number of amides is 1. The molecule has 7 nitrogen and oxygen atoms in total. The van der Waals surface area contributed by atoms with Gasteiger partial charge in [-0.05, 0) is 42.8 Å². The van der Waals surface area contributed by atoms with E-state index in [1.807, 2.05) is 67.6 Å². The molecule has 170 valence electrons. The normalized spacial score (nSPS) is 12.7. The minimum Gasteiger partial charge on any atom is -0.482 e. The number of aromatic nitrogens is 2. The van der Waals surface area contributed by atoms with E-state index in [0.29, 0.717) is 11.4 Å². The lowest BCUT2D eigenvalue weighted by Gasteiger charge is -2.29. The lowest BCUT2D eigenvalue weighted by molar-refractivity contribution is -0.144. The summed E-state index contributed by atoms with van der Waals surface area (Å²) >= 11 is 1.56. The quantitative estimate of drug-likeness (QED) is 0.381. The zero-order valence-electron chi connectivity index (χ0n) is 18.4. The maximum Gasteiger partial charge on any atom is 0.326 e. The Hall–Kier alpha value is -4.04. The van der Waals surface area contributed by atoms with E-state index in [1.165, 1.54) is 4.90 Å². The lowest BCUT2D eigenvalue weighted by Crippen LogP contribution is -2.42. The number of carbonyl (C=O) groups excluding carboxylic acids is 2. The third-order valence-corrected chi connectivity index (χ3v) is 6.38. The first-order chi connectivity index (χ1) is 16.6. The van der Waals surface area contributed by atoms with Gasteiger partial charge >= 0.3 is 5.97 Å². The number of hydrogen-bond acceptors (Lipinski definition) is 7. The summed E-state index contributed by atoms with van der Waals surface area (Å²) in [5.41, 5.74) is 3.85. The van der Waals surface area contributed by atoms with E-state index in [1.54, 1.807) is 23.6 Å². The zero-order chi connectivity index (χ0) is 23.5. The minimum atomic E-state index is -0.488. The predicted octanol–water partition coefficient (Wildman–Crippen LogP) is 4.65. The van der Waals surface area contributed by atoms with Gasteiger partial charge in [-0.2, -0.15) is 0 Å². The molecule has 34 heavy (non-hydrogen) atoms. The minimum absolute atomic E-state index is 0.127. The second-order valence-electron chi connectivity index (χ2n) is 7.74. The van der Waals surface area contributed by atoms with E-state index in [2.05, 4.69) is 4.98 Å². The number of carbonyl (C=O) groups is 2. The Kier molecular flexibility index (Phi) is 6.05. The second-order valence-corrected chi connectivity index (χ2v) is 8.94. The van der Waals surface area contributed by atoms with Gasteiger partial charge in [-0.1, -0.05) is 36.4 Å². The molecule has 0 saturated heterocycles. The lowest BCUT2D eigenvalue weighted by atomic mass is 10.1. The van der Waals surface area contributed by atoms with E-state index >= 15 is 0 Å². The van der Waals surface area contributed by atoms with Crippen LogP contribution in [0, 0.1) is 6.92 Å². The maximum atomic E-state index is 12.6. The van der Waals surface area contributed by atoms with Gasteiger partial charge in [0.15, 0.2) is 6.61 Å². The number of hydrogen-bond donors (Lipinski definition) is 0. The highest BCUT2D eigenvalue weighted by atomic mass is 32.1. The molecule has 1 amide bonds. The summed E-state index contributed by atoms with van der Waals surface area (Å²) in [6.07, 6.45) is 1.74. The van der Waals surface area contributed by atoms with Crippen LogP contribution in [0.2, 0.25) is 0 Å². The van der Waals surface area contributed by atoms with Crippen molar-refractivity contribution < 1.29 is 19.1 Å². The van der Waals surface area contributed by atoms with Gasteiger partial charge in [0.2, 0.25) is 0 Å². The monoisotopic (exact) mass is 471 g/mol. The predicted molar refractivity (Wildman–Crippen MR) is 130 cm³/mol. The van der Waals surface area contributed by atoms with Crippen LogP contribution in [0.3, 0.4) is 0 Å². The van der Waals surface area contributed by atoms with E-state index in [4.69, 9.17) is 14.5 Å². The topological polar surface area (TPSA) is 81.6 Å². The second kappa shape index (κ2) is 9.44. The van der Waals surface area contributed by atoms with Crippen molar-refractivity contribution in [3.8, 4) is 27.7 Å². The van der Waals surface area contributed by atoms with Gasteiger partial charge in [-0.15, -0.1) is 11.3 Å². The highest BCUT2D eigenvalue weighted by Crippen LogP contribution is 2.39. The Morgan fingerprint density at radius 2 is 1.94 bits per heavy atom. The van der Waals surface area contributed by atoms with Crippen LogP contribution >= 0.6 is 11.3 Å². The molecule has 3 heterocycles. The molecule has 0 saturated carbocycles. The molecular weight excluding hydrogens is 450 g/mol. The van der Waals surface area contributed by atoms with E-state index in [9.17, 15) is 9.59 Å². The van der Waals surface area contributed by atoms with Crippen molar-refractivity contribution in [2.24, 2.45) is 0 Å². The van der Waals surface area contributed by atoms with Gasteiger partial charge in [0.05, 0.1) is 17.1 Å². The number of esters is 1. The summed E-state index contributed by atoms with van der Waals surface area (Å²) in [6, 6.07) is 20.7. The zero-order valence-corrected chi connectivity index (χ0v) is 19.2.